The summed E-state index contributed by atoms with van der Waals surface area (Å²) < 4.78 is 0. The molecule has 1 aromatic rings. The van der Waals surface area contributed by atoms with E-state index in [4.69, 9.17) is 5.11 Å². The number of hydrogen-bond donors (Lipinski definition) is 3. The van der Waals surface area contributed by atoms with E-state index in [0.29, 0.717) is 12.2 Å². The number of benzene rings is 1. The molecule has 0 saturated carbocycles. The van der Waals surface area contributed by atoms with E-state index in [0.717, 1.165) is 5.56 Å². The second-order valence-corrected chi connectivity index (χ2v) is 4.28. The number of aromatic carboxylic acids is 1. The van der Waals surface area contributed by atoms with Gasteiger partial charge in [0.1, 0.15) is 0 Å². The van der Waals surface area contributed by atoms with Crippen LogP contribution in [0.3, 0.4) is 0 Å². The van der Waals surface area contributed by atoms with E-state index in [2.05, 4.69) is 10.6 Å². The van der Waals surface area contributed by atoms with Crippen molar-refractivity contribution in [3.05, 3.63) is 29.3 Å². The first kappa shape index (κ1) is 14.2. The number of amides is 1. The fourth-order valence-electron chi connectivity index (χ4n) is 1.59. The summed E-state index contributed by atoms with van der Waals surface area (Å²) in [6.07, 6.45) is 0. The monoisotopic (exact) mass is 250 g/mol. The van der Waals surface area contributed by atoms with Crippen molar-refractivity contribution in [2.75, 3.05) is 18.9 Å². The molecule has 1 aromatic carbocycles. The number of carbonyl (C=O) groups excluding carboxylic acids is 1. The van der Waals surface area contributed by atoms with Gasteiger partial charge in [-0.05, 0) is 37.7 Å². The Morgan fingerprint density at radius 3 is 2.56 bits per heavy atom. The van der Waals surface area contributed by atoms with Crippen molar-refractivity contribution in [1.82, 2.24) is 5.32 Å². The quantitative estimate of drug-likeness (QED) is 0.739. The molecule has 0 spiro atoms. The van der Waals surface area contributed by atoms with Gasteiger partial charge in [-0.25, -0.2) is 4.79 Å². The molecule has 18 heavy (non-hydrogen) atoms. The molecule has 1 rings (SSSR count). The summed E-state index contributed by atoms with van der Waals surface area (Å²) in [5, 5.41) is 14.6. The molecule has 1 amide bonds. The number of rotatable bonds is 5. The Kier molecular flexibility index (Phi) is 4.85. The van der Waals surface area contributed by atoms with Gasteiger partial charge in [-0.15, -0.1) is 0 Å². The van der Waals surface area contributed by atoms with E-state index in [1.807, 2.05) is 6.92 Å². The van der Waals surface area contributed by atoms with Gasteiger partial charge >= 0.3 is 5.97 Å². The summed E-state index contributed by atoms with van der Waals surface area (Å²) in [6.45, 7) is 4.19. The van der Waals surface area contributed by atoms with Crippen LogP contribution in [0.15, 0.2) is 18.2 Å². The minimum atomic E-state index is -0.973. The number of hydrogen-bond acceptors (Lipinski definition) is 3. The number of carboxylic acid groups (broad SMARTS) is 1. The van der Waals surface area contributed by atoms with Crippen LogP contribution in [-0.4, -0.2) is 30.6 Å². The first-order chi connectivity index (χ1) is 8.45. The second-order valence-electron chi connectivity index (χ2n) is 4.28. The molecule has 1 unspecified atom stereocenters. The van der Waals surface area contributed by atoms with Gasteiger partial charge in [0.2, 0.25) is 5.91 Å². The van der Waals surface area contributed by atoms with Gasteiger partial charge in [0.25, 0.3) is 0 Å². The number of aryl methyl sites for hydroxylation is 1. The van der Waals surface area contributed by atoms with Crippen LogP contribution in [0.25, 0.3) is 0 Å². The first-order valence-electron chi connectivity index (χ1n) is 5.75. The van der Waals surface area contributed by atoms with Gasteiger partial charge in [0.15, 0.2) is 0 Å². The van der Waals surface area contributed by atoms with E-state index in [1.54, 1.807) is 26.1 Å². The lowest BCUT2D eigenvalue weighted by Gasteiger charge is -2.13. The minimum absolute atomic E-state index is 0.0875. The molecule has 0 bridgehead atoms. The molecule has 0 saturated heterocycles. The highest BCUT2D eigenvalue weighted by atomic mass is 16.4. The van der Waals surface area contributed by atoms with E-state index in [9.17, 15) is 9.59 Å². The molecular formula is C13H18N2O3. The summed E-state index contributed by atoms with van der Waals surface area (Å²) in [5.41, 5.74) is 1.60. The molecular weight excluding hydrogens is 232 g/mol. The lowest BCUT2D eigenvalue weighted by molar-refractivity contribution is -0.119. The van der Waals surface area contributed by atoms with Gasteiger partial charge in [0.05, 0.1) is 5.56 Å². The molecule has 1 atom stereocenters. The van der Waals surface area contributed by atoms with Crippen molar-refractivity contribution < 1.29 is 14.7 Å². The van der Waals surface area contributed by atoms with Gasteiger partial charge in [-0.1, -0.05) is 6.92 Å². The third-order valence-corrected chi connectivity index (χ3v) is 2.69. The average Bonchev–Trinajstić information content (AvgIpc) is 2.31. The van der Waals surface area contributed by atoms with Crippen molar-refractivity contribution in [3.8, 4) is 0 Å². The summed E-state index contributed by atoms with van der Waals surface area (Å²) in [4.78, 5) is 22.6. The third kappa shape index (κ3) is 3.56. The Morgan fingerprint density at radius 2 is 2.06 bits per heavy atom. The van der Waals surface area contributed by atoms with Gasteiger partial charge in [0, 0.05) is 18.2 Å². The Morgan fingerprint density at radius 1 is 1.39 bits per heavy atom. The normalized spacial score (nSPS) is 11.9. The molecule has 5 nitrogen and oxygen atoms in total. The fraction of sp³-hybridized carbons (Fsp3) is 0.385. The molecule has 5 heteroatoms. The zero-order chi connectivity index (χ0) is 13.7. The Labute approximate surface area is 106 Å². The second kappa shape index (κ2) is 6.16. The van der Waals surface area contributed by atoms with Crippen molar-refractivity contribution in [2.45, 2.75) is 13.8 Å². The van der Waals surface area contributed by atoms with Crippen LogP contribution < -0.4 is 10.6 Å². The van der Waals surface area contributed by atoms with Crippen LogP contribution >= 0.6 is 0 Å². The zero-order valence-corrected chi connectivity index (χ0v) is 10.8. The van der Waals surface area contributed by atoms with Crippen molar-refractivity contribution in [2.24, 2.45) is 5.92 Å². The van der Waals surface area contributed by atoms with Crippen LogP contribution in [-0.2, 0) is 4.79 Å². The highest BCUT2D eigenvalue weighted by Crippen LogP contribution is 2.17. The standard InChI is InChI=1S/C13H18N2O3/c1-8-6-10(13(17)18)4-5-11(8)15-12(16)9(2)7-14-3/h4-6,9,14H,7H2,1-3H3,(H,15,16)(H,17,18). The minimum Gasteiger partial charge on any atom is -0.478 e. The third-order valence-electron chi connectivity index (χ3n) is 2.69. The van der Waals surface area contributed by atoms with Gasteiger partial charge in [-0.3, -0.25) is 4.79 Å². The van der Waals surface area contributed by atoms with Gasteiger partial charge in [-0.2, -0.15) is 0 Å². The lowest BCUT2D eigenvalue weighted by atomic mass is 10.1. The maximum absolute atomic E-state index is 11.8. The molecule has 0 fully saturated rings. The molecule has 0 aliphatic carbocycles. The highest BCUT2D eigenvalue weighted by molar-refractivity contribution is 5.94. The van der Waals surface area contributed by atoms with E-state index in [1.165, 1.54) is 6.07 Å². The van der Waals surface area contributed by atoms with Crippen molar-refractivity contribution in [3.63, 3.8) is 0 Å². The molecule has 0 heterocycles. The Hall–Kier alpha value is -1.88. The lowest BCUT2D eigenvalue weighted by Crippen LogP contribution is -2.28. The van der Waals surface area contributed by atoms with E-state index in [-0.39, 0.29) is 17.4 Å². The summed E-state index contributed by atoms with van der Waals surface area (Å²) >= 11 is 0. The van der Waals surface area contributed by atoms with Crippen LogP contribution in [0, 0.1) is 12.8 Å². The molecule has 0 aromatic heterocycles. The van der Waals surface area contributed by atoms with E-state index >= 15 is 0 Å². The predicted molar refractivity (Wildman–Crippen MR) is 69.9 cm³/mol. The largest absolute Gasteiger partial charge is 0.478 e. The number of nitrogens with one attached hydrogen (secondary N) is 2. The first-order valence-corrected chi connectivity index (χ1v) is 5.75. The van der Waals surface area contributed by atoms with Crippen LogP contribution in [0.4, 0.5) is 5.69 Å². The number of carboxylic acids is 1. The summed E-state index contributed by atoms with van der Waals surface area (Å²) in [7, 11) is 1.79. The molecule has 3 N–H and O–H groups in total. The average molecular weight is 250 g/mol. The molecule has 98 valence electrons. The molecule has 0 aliphatic rings. The van der Waals surface area contributed by atoms with Crippen LogP contribution in [0.2, 0.25) is 0 Å². The predicted octanol–water partition coefficient (Wildman–Crippen LogP) is 1.49. The van der Waals surface area contributed by atoms with Crippen LogP contribution in [0.5, 0.6) is 0 Å². The topological polar surface area (TPSA) is 78.4 Å². The van der Waals surface area contributed by atoms with Crippen LogP contribution in [0.1, 0.15) is 22.8 Å². The molecule has 0 aliphatic heterocycles. The summed E-state index contributed by atoms with van der Waals surface area (Å²) in [6, 6.07) is 4.64. The maximum atomic E-state index is 11.8. The smallest absolute Gasteiger partial charge is 0.335 e. The fourth-order valence-corrected chi connectivity index (χ4v) is 1.59. The van der Waals surface area contributed by atoms with Gasteiger partial charge < -0.3 is 15.7 Å². The Balaban J connectivity index is 2.79. The number of anilines is 1. The Bertz CT molecular complexity index is 458. The maximum Gasteiger partial charge on any atom is 0.335 e. The highest BCUT2D eigenvalue weighted by Gasteiger charge is 2.13. The van der Waals surface area contributed by atoms with E-state index < -0.39 is 5.97 Å². The summed E-state index contributed by atoms with van der Waals surface area (Å²) in [5.74, 6) is -1.20. The SMILES string of the molecule is CNCC(C)C(=O)Nc1ccc(C(=O)O)cc1C. The zero-order valence-electron chi connectivity index (χ0n) is 10.8. The van der Waals surface area contributed by atoms with Crippen molar-refractivity contribution in [1.29, 1.82) is 0 Å². The number of carbonyl (C=O) groups is 2. The molecule has 0 radical (unpaired) electrons. The van der Waals surface area contributed by atoms with Crippen molar-refractivity contribution >= 4 is 17.6 Å².